The monoisotopic (exact) mass is 305 g/mol. The Morgan fingerprint density at radius 3 is 2.48 bits per heavy atom. The number of benzene rings is 1. The van der Waals surface area contributed by atoms with Crippen molar-refractivity contribution in [1.82, 2.24) is 4.90 Å². The molecule has 0 radical (unpaired) electrons. The zero-order valence-corrected chi connectivity index (χ0v) is 10.7. The Kier molecular flexibility index (Phi) is 4.15. The van der Waals surface area contributed by atoms with Gasteiger partial charge in [-0.25, -0.2) is 17.6 Å². The minimum atomic E-state index is -2.06. The first kappa shape index (κ1) is 15.3. The van der Waals surface area contributed by atoms with Crippen LogP contribution in [0.2, 0.25) is 0 Å². The molecular weight excluding hydrogens is 294 g/mol. The fourth-order valence-corrected chi connectivity index (χ4v) is 2.40. The third kappa shape index (κ3) is 2.84. The van der Waals surface area contributed by atoms with E-state index in [2.05, 4.69) is 0 Å². The van der Waals surface area contributed by atoms with E-state index in [0.29, 0.717) is 12.8 Å². The van der Waals surface area contributed by atoms with Gasteiger partial charge in [-0.3, -0.25) is 9.59 Å². The second-order valence-electron chi connectivity index (χ2n) is 4.74. The number of likely N-dealkylation sites (tertiary alicyclic amines) is 1. The summed E-state index contributed by atoms with van der Waals surface area (Å²) in [6, 6.07) is -0.391. The van der Waals surface area contributed by atoms with Gasteiger partial charge in [-0.05, 0) is 18.9 Å². The number of hydrogen-bond donors (Lipinski definition) is 1. The van der Waals surface area contributed by atoms with Crippen molar-refractivity contribution >= 4 is 11.9 Å². The summed E-state index contributed by atoms with van der Waals surface area (Å²) < 4.78 is 52.7. The Hall–Kier alpha value is -2.12. The third-order valence-corrected chi connectivity index (χ3v) is 3.38. The fraction of sp³-hybridized carbons (Fsp3) is 0.385. The van der Waals surface area contributed by atoms with Crippen molar-refractivity contribution in [3.63, 3.8) is 0 Å². The molecule has 1 unspecified atom stereocenters. The Balaban J connectivity index is 2.34. The van der Waals surface area contributed by atoms with Crippen LogP contribution in [0.25, 0.3) is 0 Å². The van der Waals surface area contributed by atoms with Gasteiger partial charge in [-0.2, -0.15) is 0 Å². The summed E-state index contributed by atoms with van der Waals surface area (Å²) in [7, 11) is 0. The maximum atomic E-state index is 13.6. The number of nitrogens with zero attached hydrogens (tertiary/aromatic N) is 1. The number of halogens is 4. The molecule has 2 rings (SSSR count). The van der Waals surface area contributed by atoms with Crippen LogP contribution in [-0.4, -0.2) is 34.5 Å². The Morgan fingerprint density at radius 1 is 1.19 bits per heavy atom. The third-order valence-electron chi connectivity index (χ3n) is 3.38. The van der Waals surface area contributed by atoms with Crippen molar-refractivity contribution in [1.29, 1.82) is 0 Å². The van der Waals surface area contributed by atoms with Gasteiger partial charge in [0.15, 0.2) is 23.3 Å². The molecule has 1 aliphatic heterocycles. The fourth-order valence-electron chi connectivity index (χ4n) is 2.40. The minimum absolute atomic E-state index is 0.150. The number of aliphatic carboxylic acids is 1. The molecule has 1 N–H and O–H groups in total. The zero-order chi connectivity index (χ0) is 15.7. The summed E-state index contributed by atoms with van der Waals surface area (Å²) in [5.41, 5.74) is -0.941. The Bertz CT molecular complexity index is 606. The Labute approximate surface area is 117 Å². The van der Waals surface area contributed by atoms with Crippen molar-refractivity contribution < 1.29 is 32.3 Å². The molecule has 1 fully saturated rings. The normalized spacial score (nSPS) is 18.1. The van der Waals surface area contributed by atoms with Crippen molar-refractivity contribution in [2.75, 3.05) is 6.54 Å². The van der Waals surface area contributed by atoms with Crippen LogP contribution in [0.1, 0.15) is 29.6 Å². The molecular formula is C13H11F4NO3. The highest BCUT2D eigenvalue weighted by Crippen LogP contribution is 2.25. The topological polar surface area (TPSA) is 57.6 Å². The van der Waals surface area contributed by atoms with E-state index in [1.54, 1.807) is 0 Å². The van der Waals surface area contributed by atoms with Gasteiger partial charge in [0.1, 0.15) is 0 Å². The summed E-state index contributed by atoms with van der Waals surface area (Å²) in [6.45, 7) is 0.150. The molecule has 0 spiro atoms. The van der Waals surface area contributed by atoms with Gasteiger partial charge in [0, 0.05) is 12.6 Å². The molecule has 1 atom stereocenters. The molecule has 1 heterocycles. The molecule has 1 saturated heterocycles. The van der Waals surface area contributed by atoms with E-state index in [0.717, 1.165) is 4.90 Å². The van der Waals surface area contributed by atoms with Gasteiger partial charge in [-0.15, -0.1) is 0 Å². The van der Waals surface area contributed by atoms with Gasteiger partial charge in [0.2, 0.25) is 0 Å². The van der Waals surface area contributed by atoms with Gasteiger partial charge >= 0.3 is 5.97 Å². The van der Waals surface area contributed by atoms with Gasteiger partial charge < -0.3 is 10.0 Å². The van der Waals surface area contributed by atoms with Crippen LogP contribution < -0.4 is 0 Å². The lowest BCUT2D eigenvalue weighted by molar-refractivity contribution is -0.137. The molecule has 114 valence electrons. The molecule has 21 heavy (non-hydrogen) atoms. The molecule has 4 nitrogen and oxygen atoms in total. The van der Waals surface area contributed by atoms with Crippen molar-refractivity contribution in [2.45, 2.75) is 25.3 Å². The SMILES string of the molecule is O=C(O)CC1CCCN1C(=O)c1cc(F)c(F)c(F)c1F. The molecule has 0 saturated carbocycles. The van der Waals surface area contributed by atoms with Crippen molar-refractivity contribution in [2.24, 2.45) is 0 Å². The van der Waals surface area contributed by atoms with Crippen LogP contribution >= 0.6 is 0 Å². The molecule has 1 aromatic rings. The number of hydrogen-bond acceptors (Lipinski definition) is 2. The smallest absolute Gasteiger partial charge is 0.305 e. The number of carbonyl (C=O) groups is 2. The largest absolute Gasteiger partial charge is 0.481 e. The van der Waals surface area contributed by atoms with Crippen molar-refractivity contribution in [3.05, 3.63) is 34.9 Å². The zero-order valence-electron chi connectivity index (χ0n) is 10.7. The summed E-state index contributed by atoms with van der Waals surface area (Å²) in [6.07, 6.45) is 0.544. The molecule has 1 aromatic carbocycles. The van der Waals surface area contributed by atoms with Crippen LogP contribution in [0.3, 0.4) is 0 Å². The second-order valence-corrected chi connectivity index (χ2v) is 4.74. The molecule has 0 bridgehead atoms. The first-order valence-corrected chi connectivity index (χ1v) is 6.18. The summed E-state index contributed by atoms with van der Waals surface area (Å²) >= 11 is 0. The Morgan fingerprint density at radius 2 is 1.86 bits per heavy atom. The highest BCUT2D eigenvalue weighted by molar-refractivity contribution is 5.95. The molecule has 0 aliphatic carbocycles. The first-order chi connectivity index (χ1) is 9.82. The molecule has 1 amide bonds. The number of carbonyl (C=O) groups excluding carboxylic acids is 1. The van der Waals surface area contributed by atoms with Gasteiger partial charge in [0.25, 0.3) is 5.91 Å². The van der Waals surface area contributed by atoms with Crippen molar-refractivity contribution in [3.8, 4) is 0 Å². The highest BCUT2D eigenvalue weighted by atomic mass is 19.2. The van der Waals surface area contributed by atoms with Crippen LogP contribution in [0.15, 0.2) is 6.07 Å². The van der Waals surface area contributed by atoms with Crippen LogP contribution in [-0.2, 0) is 4.79 Å². The maximum Gasteiger partial charge on any atom is 0.305 e. The predicted octanol–water partition coefficient (Wildman–Crippen LogP) is 2.32. The van der Waals surface area contributed by atoms with E-state index in [9.17, 15) is 27.2 Å². The lowest BCUT2D eigenvalue weighted by Gasteiger charge is -2.23. The quantitative estimate of drug-likeness (QED) is 0.530. The van der Waals surface area contributed by atoms with E-state index in [-0.39, 0.29) is 19.0 Å². The lowest BCUT2D eigenvalue weighted by atomic mass is 10.1. The number of carboxylic acid groups (broad SMARTS) is 1. The van der Waals surface area contributed by atoms with Crippen LogP contribution in [0.5, 0.6) is 0 Å². The first-order valence-electron chi connectivity index (χ1n) is 6.18. The molecule has 1 aliphatic rings. The number of amides is 1. The average molecular weight is 305 g/mol. The lowest BCUT2D eigenvalue weighted by Crippen LogP contribution is -2.37. The number of carboxylic acids is 1. The second kappa shape index (κ2) is 5.71. The maximum absolute atomic E-state index is 13.6. The van der Waals surface area contributed by atoms with E-state index in [1.165, 1.54) is 0 Å². The molecule has 8 heteroatoms. The molecule has 0 aromatic heterocycles. The summed E-state index contributed by atoms with van der Waals surface area (Å²) in [5, 5.41) is 8.74. The van der Waals surface area contributed by atoms with Crippen LogP contribution in [0, 0.1) is 23.3 Å². The van der Waals surface area contributed by atoms with E-state index >= 15 is 0 Å². The van der Waals surface area contributed by atoms with Crippen LogP contribution in [0.4, 0.5) is 17.6 Å². The van der Waals surface area contributed by atoms with E-state index in [1.807, 2.05) is 0 Å². The van der Waals surface area contributed by atoms with Gasteiger partial charge in [0.05, 0.1) is 12.0 Å². The number of rotatable bonds is 3. The standard InChI is InChI=1S/C13H11F4NO3/c14-8-5-7(10(15)12(17)11(8)16)13(21)18-3-1-2-6(18)4-9(19)20/h5-6H,1-4H2,(H,19,20). The van der Waals surface area contributed by atoms with Gasteiger partial charge in [-0.1, -0.05) is 0 Å². The highest BCUT2D eigenvalue weighted by Gasteiger charge is 2.34. The average Bonchev–Trinajstić information content (AvgIpc) is 2.87. The minimum Gasteiger partial charge on any atom is -0.481 e. The van der Waals surface area contributed by atoms with E-state index in [4.69, 9.17) is 5.11 Å². The van der Waals surface area contributed by atoms with E-state index < -0.39 is 46.8 Å². The summed E-state index contributed by atoms with van der Waals surface area (Å²) in [5.74, 6) is -9.70. The summed E-state index contributed by atoms with van der Waals surface area (Å²) in [4.78, 5) is 23.9. The predicted molar refractivity (Wildman–Crippen MR) is 62.6 cm³/mol.